The highest BCUT2D eigenvalue weighted by atomic mass is 79.9. The molecule has 0 spiro atoms. The summed E-state index contributed by atoms with van der Waals surface area (Å²) in [6.07, 6.45) is 1.61. The summed E-state index contributed by atoms with van der Waals surface area (Å²) in [7, 11) is 1.53. The van der Waals surface area contributed by atoms with E-state index in [0.29, 0.717) is 33.6 Å². The van der Waals surface area contributed by atoms with Gasteiger partial charge in [0.05, 0.1) is 30.2 Å². The standard InChI is InChI=1S/C20H17BrClNO4S/c1-3-27-17-8-13(15(22)10-16(17)26-2)9-18-19(24)23(20(25)28-18)11-12-4-6-14(21)7-5-12/h4-10H,3,11H2,1-2H3/b18-9-. The molecule has 2 aromatic carbocycles. The third-order valence-electron chi connectivity index (χ3n) is 4.00. The summed E-state index contributed by atoms with van der Waals surface area (Å²) in [5.41, 5.74) is 1.45. The molecule has 0 unspecified atom stereocenters. The number of amides is 2. The Morgan fingerprint density at radius 1 is 1.18 bits per heavy atom. The van der Waals surface area contributed by atoms with Crippen molar-refractivity contribution in [3.8, 4) is 11.5 Å². The lowest BCUT2D eigenvalue weighted by Crippen LogP contribution is -2.27. The van der Waals surface area contributed by atoms with E-state index in [0.717, 1.165) is 21.8 Å². The van der Waals surface area contributed by atoms with Crippen LogP contribution in [0.1, 0.15) is 18.1 Å². The Hall–Kier alpha value is -1.96. The zero-order chi connectivity index (χ0) is 20.3. The molecule has 5 nitrogen and oxygen atoms in total. The number of ether oxygens (including phenoxy) is 2. The molecular weight excluding hydrogens is 466 g/mol. The van der Waals surface area contributed by atoms with Gasteiger partial charge in [-0.3, -0.25) is 14.5 Å². The average Bonchev–Trinajstić information content (AvgIpc) is 2.93. The predicted octanol–water partition coefficient (Wildman–Crippen LogP) is 5.75. The highest BCUT2D eigenvalue weighted by Gasteiger charge is 2.35. The van der Waals surface area contributed by atoms with Crippen LogP contribution in [0.3, 0.4) is 0 Å². The summed E-state index contributed by atoms with van der Waals surface area (Å²) >= 11 is 10.6. The van der Waals surface area contributed by atoms with Crippen LogP contribution in [0, 0.1) is 0 Å². The minimum absolute atomic E-state index is 0.218. The quantitative estimate of drug-likeness (QED) is 0.491. The van der Waals surface area contributed by atoms with Gasteiger partial charge < -0.3 is 9.47 Å². The van der Waals surface area contributed by atoms with Crippen molar-refractivity contribution < 1.29 is 19.1 Å². The molecule has 1 heterocycles. The maximum absolute atomic E-state index is 12.7. The summed E-state index contributed by atoms with van der Waals surface area (Å²) < 4.78 is 11.8. The molecule has 1 aliphatic rings. The van der Waals surface area contributed by atoms with Crippen molar-refractivity contribution in [3.05, 3.63) is 61.9 Å². The summed E-state index contributed by atoms with van der Waals surface area (Å²) in [6, 6.07) is 10.8. The van der Waals surface area contributed by atoms with Crippen molar-refractivity contribution in [2.45, 2.75) is 13.5 Å². The summed E-state index contributed by atoms with van der Waals surface area (Å²) in [5.74, 6) is 0.685. The Morgan fingerprint density at radius 2 is 1.89 bits per heavy atom. The van der Waals surface area contributed by atoms with E-state index in [1.54, 1.807) is 18.2 Å². The number of thioether (sulfide) groups is 1. The van der Waals surface area contributed by atoms with Crippen molar-refractivity contribution >= 4 is 56.5 Å². The van der Waals surface area contributed by atoms with Gasteiger partial charge in [-0.15, -0.1) is 0 Å². The Bertz CT molecular complexity index is 946. The second kappa shape index (κ2) is 9.03. The SMILES string of the molecule is CCOc1cc(/C=C2\SC(=O)N(Cc3ccc(Br)cc3)C2=O)c(Cl)cc1OC. The van der Waals surface area contributed by atoms with Crippen molar-refractivity contribution in [1.82, 2.24) is 4.90 Å². The minimum Gasteiger partial charge on any atom is -0.493 e. The van der Waals surface area contributed by atoms with Crippen molar-refractivity contribution in [1.29, 1.82) is 0 Å². The van der Waals surface area contributed by atoms with E-state index in [2.05, 4.69) is 15.9 Å². The van der Waals surface area contributed by atoms with E-state index in [-0.39, 0.29) is 17.7 Å². The monoisotopic (exact) mass is 481 g/mol. The van der Waals surface area contributed by atoms with Crippen LogP contribution < -0.4 is 9.47 Å². The van der Waals surface area contributed by atoms with E-state index in [4.69, 9.17) is 21.1 Å². The van der Waals surface area contributed by atoms with Gasteiger partial charge in [-0.05, 0) is 54.1 Å². The first-order valence-corrected chi connectivity index (χ1v) is 10.4. The maximum Gasteiger partial charge on any atom is 0.293 e. The van der Waals surface area contributed by atoms with Crippen LogP contribution in [0.5, 0.6) is 11.5 Å². The number of imide groups is 1. The molecule has 1 saturated heterocycles. The lowest BCUT2D eigenvalue weighted by atomic mass is 10.1. The molecule has 3 rings (SSSR count). The Morgan fingerprint density at radius 3 is 2.54 bits per heavy atom. The number of hydrogen-bond acceptors (Lipinski definition) is 5. The number of rotatable bonds is 6. The van der Waals surface area contributed by atoms with E-state index in [9.17, 15) is 9.59 Å². The van der Waals surface area contributed by atoms with Gasteiger partial charge in [0, 0.05) is 10.5 Å². The summed E-state index contributed by atoms with van der Waals surface area (Å²) in [6.45, 7) is 2.54. The summed E-state index contributed by atoms with van der Waals surface area (Å²) in [5, 5.41) is 0.0915. The van der Waals surface area contributed by atoms with Crippen LogP contribution in [-0.4, -0.2) is 29.8 Å². The predicted molar refractivity (Wildman–Crippen MR) is 115 cm³/mol. The largest absolute Gasteiger partial charge is 0.493 e. The fraction of sp³-hybridized carbons (Fsp3) is 0.200. The number of hydrogen-bond donors (Lipinski definition) is 0. The molecule has 0 aromatic heterocycles. The van der Waals surface area contributed by atoms with E-state index < -0.39 is 0 Å². The molecule has 0 atom stereocenters. The van der Waals surface area contributed by atoms with Gasteiger partial charge in [0.2, 0.25) is 0 Å². The molecule has 1 fully saturated rings. The normalized spacial score (nSPS) is 15.4. The van der Waals surface area contributed by atoms with Gasteiger partial charge in [-0.1, -0.05) is 39.7 Å². The summed E-state index contributed by atoms with van der Waals surface area (Å²) in [4.78, 5) is 26.6. The fourth-order valence-electron chi connectivity index (χ4n) is 2.64. The van der Waals surface area contributed by atoms with Gasteiger partial charge in [0.15, 0.2) is 11.5 Å². The second-order valence-corrected chi connectivity index (χ2v) is 8.17. The third kappa shape index (κ3) is 4.54. The molecule has 2 aromatic rings. The van der Waals surface area contributed by atoms with Crippen LogP contribution in [-0.2, 0) is 11.3 Å². The Kier molecular flexibility index (Phi) is 6.69. The van der Waals surface area contributed by atoms with Gasteiger partial charge in [-0.25, -0.2) is 0 Å². The first kappa shape index (κ1) is 20.8. The van der Waals surface area contributed by atoms with Gasteiger partial charge in [0.1, 0.15) is 0 Å². The van der Waals surface area contributed by atoms with E-state index in [1.807, 2.05) is 31.2 Å². The number of carbonyl (C=O) groups is 2. The number of benzene rings is 2. The average molecular weight is 483 g/mol. The van der Waals surface area contributed by atoms with Crippen molar-refractivity contribution in [2.24, 2.45) is 0 Å². The molecule has 0 aliphatic carbocycles. The molecule has 0 radical (unpaired) electrons. The molecule has 1 aliphatic heterocycles. The minimum atomic E-state index is -0.345. The molecule has 0 bridgehead atoms. The second-order valence-electron chi connectivity index (χ2n) is 5.85. The molecule has 2 amide bonds. The molecule has 8 heteroatoms. The lowest BCUT2D eigenvalue weighted by Gasteiger charge is -2.13. The van der Waals surface area contributed by atoms with Crippen LogP contribution in [0.15, 0.2) is 45.8 Å². The topological polar surface area (TPSA) is 55.8 Å². The van der Waals surface area contributed by atoms with Crippen molar-refractivity contribution in [2.75, 3.05) is 13.7 Å². The fourth-order valence-corrected chi connectivity index (χ4v) is 3.94. The number of methoxy groups -OCH3 is 1. The molecule has 146 valence electrons. The van der Waals surface area contributed by atoms with E-state index in [1.165, 1.54) is 12.0 Å². The molecule has 0 N–H and O–H groups in total. The van der Waals surface area contributed by atoms with Gasteiger partial charge in [-0.2, -0.15) is 0 Å². The number of halogens is 2. The van der Waals surface area contributed by atoms with Crippen LogP contribution in [0.25, 0.3) is 6.08 Å². The van der Waals surface area contributed by atoms with Crippen LogP contribution in [0.4, 0.5) is 4.79 Å². The van der Waals surface area contributed by atoms with E-state index >= 15 is 0 Å². The number of nitrogens with zero attached hydrogens (tertiary/aromatic N) is 1. The Balaban J connectivity index is 1.87. The van der Waals surface area contributed by atoms with Crippen LogP contribution >= 0.6 is 39.3 Å². The smallest absolute Gasteiger partial charge is 0.293 e. The lowest BCUT2D eigenvalue weighted by molar-refractivity contribution is -0.123. The first-order chi connectivity index (χ1) is 13.4. The third-order valence-corrected chi connectivity index (χ3v) is 5.76. The number of carbonyl (C=O) groups excluding carboxylic acids is 2. The maximum atomic E-state index is 12.7. The molecule has 28 heavy (non-hydrogen) atoms. The van der Waals surface area contributed by atoms with Gasteiger partial charge >= 0.3 is 0 Å². The zero-order valence-electron chi connectivity index (χ0n) is 15.2. The zero-order valence-corrected chi connectivity index (χ0v) is 18.4. The first-order valence-electron chi connectivity index (χ1n) is 8.43. The van der Waals surface area contributed by atoms with Crippen LogP contribution in [0.2, 0.25) is 5.02 Å². The highest BCUT2D eigenvalue weighted by molar-refractivity contribution is 9.10. The molecule has 0 saturated carbocycles. The van der Waals surface area contributed by atoms with Crippen molar-refractivity contribution in [3.63, 3.8) is 0 Å². The van der Waals surface area contributed by atoms with Gasteiger partial charge in [0.25, 0.3) is 11.1 Å². The highest BCUT2D eigenvalue weighted by Crippen LogP contribution is 2.38. The Labute approximate surface area is 180 Å². The molecular formula is C20H17BrClNO4S.